The summed E-state index contributed by atoms with van der Waals surface area (Å²) in [6.07, 6.45) is -0.790. The van der Waals surface area contributed by atoms with Gasteiger partial charge >= 0.3 is 0 Å². The Hall–Kier alpha value is -2.62. The number of carbonyl (C=O) groups is 2. The van der Waals surface area contributed by atoms with Crippen molar-refractivity contribution in [3.05, 3.63) is 65.2 Å². The van der Waals surface area contributed by atoms with E-state index in [0.717, 1.165) is 16.8 Å². The SMILES string of the molecule is CC(=O)N[C@H](Nc1ccc(C)cc1C)C(=O)c1ccccc1. The molecule has 0 unspecified atom stereocenters. The van der Waals surface area contributed by atoms with Crippen molar-refractivity contribution in [2.75, 3.05) is 5.32 Å². The lowest BCUT2D eigenvalue weighted by atomic mass is 10.1. The average molecular weight is 296 g/mol. The number of anilines is 1. The van der Waals surface area contributed by atoms with Gasteiger partial charge in [-0.05, 0) is 25.5 Å². The van der Waals surface area contributed by atoms with E-state index in [1.54, 1.807) is 24.3 Å². The van der Waals surface area contributed by atoms with Crippen LogP contribution in [-0.2, 0) is 4.79 Å². The molecular formula is C18H20N2O2. The summed E-state index contributed by atoms with van der Waals surface area (Å²) in [6, 6.07) is 14.8. The second-order valence-corrected chi connectivity index (χ2v) is 5.33. The summed E-state index contributed by atoms with van der Waals surface area (Å²) in [5.74, 6) is -0.428. The molecule has 0 saturated heterocycles. The minimum Gasteiger partial charge on any atom is -0.359 e. The van der Waals surface area contributed by atoms with Crippen LogP contribution in [0.4, 0.5) is 5.69 Å². The molecule has 0 spiro atoms. The van der Waals surface area contributed by atoms with Crippen LogP contribution in [0, 0.1) is 13.8 Å². The van der Waals surface area contributed by atoms with Crippen LogP contribution in [0.3, 0.4) is 0 Å². The van der Waals surface area contributed by atoms with E-state index in [1.165, 1.54) is 6.92 Å². The highest BCUT2D eigenvalue weighted by Gasteiger charge is 2.21. The van der Waals surface area contributed by atoms with Gasteiger partial charge in [0.15, 0.2) is 6.17 Å². The highest BCUT2D eigenvalue weighted by Crippen LogP contribution is 2.17. The van der Waals surface area contributed by atoms with Crippen LogP contribution in [0.5, 0.6) is 0 Å². The third-order valence-electron chi connectivity index (χ3n) is 3.35. The first-order valence-electron chi connectivity index (χ1n) is 7.17. The Balaban J connectivity index is 2.26. The van der Waals surface area contributed by atoms with Crippen molar-refractivity contribution in [1.29, 1.82) is 0 Å². The molecule has 0 aliphatic carbocycles. The number of benzene rings is 2. The van der Waals surface area contributed by atoms with E-state index in [2.05, 4.69) is 10.6 Å². The van der Waals surface area contributed by atoms with Crippen molar-refractivity contribution in [2.45, 2.75) is 26.9 Å². The molecule has 2 N–H and O–H groups in total. The molecule has 0 aliphatic heterocycles. The fourth-order valence-electron chi connectivity index (χ4n) is 2.27. The van der Waals surface area contributed by atoms with Crippen LogP contribution in [0.1, 0.15) is 28.4 Å². The molecule has 0 aromatic heterocycles. The zero-order valence-electron chi connectivity index (χ0n) is 13.0. The van der Waals surface area contributed by atoms with Gasteiger partial charge in [-0.25, -0.2) is 0 Å². The average Bonchev–Trinajstić information content (AvgIpc) is 2.49. The highest BCUT2D eigenvalue weighted by atomic mass is 16.2. The standard InChI is InChI=1S/C18H20N2O2/c1-12-9-10-16(13(2)11-12)20-18(19-14(3)21)17(22)15-7-5-4-6-8-15/h4-11,18,20H,1-3H3,(H,19,21)/t18-/m1/s1. The Morgan fingerprint density at radius 3 is 2.27 bits per heavy atom. The summed E-state index contributed by atoms with van der Waals surface area (Å²) in [6.45, 7) is 5.37. The summed E-state index contributed by atoms with van der Waals surface area (Å²) in [7, 11) is 0. The topological polar surface area (TPSA) is 58.2 Å². The van der Waals surface area contributed by atoms with E-state index >= 15 is 0 Å². The van der Waals surface area contributed by atoms with Gasteiger partial charge in [0.05, 0.1) is 0 Å². The van der Waals surface area contributed by atoms with E-state index in [4.69, 9.17) is 0 Å². The number of aryl methyl sites for hydroxylation is 2. The number of hydrogen-bond donors (Lipinski definition) is 2. The molecule has 0 bridgehead atoms. The van der Waals surface area contributed by atoms with Gasteiger partial charge in [0.1, 0.15) is 0 Å². The van der Waals surface area contributed by atoms with Crippen molar-refractivity contribution < 1.29 is 9.59 Å². The van der Waals surface area contributed by atoms with Gasteiger partial charge in [0, 0.05) is 18.2 Å². The lowest BCUT2D eigenvalue weighted by molar-refractivity contribution is -0.119. The molecule has 1 atom stereocenters. The van der Waals surface area contributed by atoms with Crippen molar-refractivity contribution in [1.82, 2.24) is 5.32 Å². The van der Waals surface area contributed by atoms with Gasteiger partial charge in [-0.15, -0.1) is 0 Å². The number of hydrogen-bond acceptors (Lipinski definition) is 3. The Morgan fingerprint density at radius 2 is 1.68 bits per heavy atom. The lowest BCUT2D eigenvalue weighted by Crippen LogP contribution is -2.45. The third kappa shape index (κ3) is 3.95. The highest BCUT2D eigenvalue weighted by molar-refractivity contribution is 6.03. The van der Waals surface area contributed by atoms with Gasteiger partial charge in [-0.1, -0.05) is 48.0 Å². The van der Waals surface area contributed by atoms with Crippen molar-refractivity contribution in [3.63, 3.8) is 0 Å². The predicted octanol–water partition coefficient (Wildman–Crippen LogP) is 3.06. The Kier molecular flexibility index (Phi) is 4.94. The summed E-state index contributed by atoms with van der Waals surface area (Å²) in [5, 5.41) is 5.79. The molecule has 0 aliphatic rings. The fourth-order valence-corrected chi connectivity index (χ4v) is 2.27. The second kappa shape index (κ2) is 6.89. The quantitative estimate of drug-likeness (QED) is 0.658. The molecule has 0 radical (unpaired) electrons. The van der Waals surface area contributed by atoms with Crippen LogP contribution in [0.25, 0.3) is 0 Å². The minimum absolute atomic E-state index is 0.171. The molecule has 0 saturated carbocycles. The predicted molar refractivity (Wildman–Crippen MR) is 87.9 cm³/mol. The fraction of sp³-hybridized carbons (Fsp3) is 0.222. The molecular weight excluding hydrogens is 276 g/mol. The zero-order valence-corrected chi connectivity index (χ0v) is 13.0. The van der Waals surface area contributed by atoms with Crippen LogP contribution in [-0.4, -0.2) is 17.9 Å². The maximum atomic E-state index is 12.6. The minimum atomic E-state index is -0.790. The Morgan fingerprint density at radius 1 is 1.00 bits per heavy atom. The molecule has 4 heteroatoms. The largest absolute Gasteiger partial charge is 0.359 e. The summed E-state index contributed by atoms with van der Waals surface area (Å²) in [4.78, 5) is 24.0. The first kappa shape index (κ1) is 15.8. The molecule has 4 nitrogen and oxygen atoms in total. The second-order valence-electron chi connectivity index (χ2n) is 5.33. The maximum absolute atomic E-state index is 12.6. The van der Waals surface area contributed by atoms with Crippen LogP contribution in [0.15, 0.2) is 48.5 Å². The number of amides is 1. The van der Waals surface area contributed by atoms with Gasteiger partial charge in [-0.3, -0.25) is 9.59 Å². The van der Waals surface area contributed by atoms with E-state index < -0.39 is 6.17 Å². The number of rotatable bonds is 5. The zero-order chi connectivity index (χ0) is 16.1. The molecule has 2 rings (SSSR count). The first-order valence-corrected chi connectivity index (χ1v) is 7.17. The van der Waals surface area contributed by atoms with E-state index in [1.807, 2.05) is 38.1 Å². The molecule has 2 aromatic rings. The van der Waals surface area contributed by atoms with E-state index in [0.29, 0.717) is 5.56 Å². The summed E-state index contributed by atoms with van der Waals surface area (Å²) >= 11 is 0. The summed E-state index contributed by atoms with van der Waals surface area (Å²) < 4.78 is 0. The number of Topliss-reactive ketones (excluding diaryl/α,β-unsaturated/α-hetero) is 1. The van der Waals surface area contributed by atoms with Gasteiger partial charge in [-0.2, -0.15) is 0 Å². The van der Waals surface area contributed by atoms with Crippen LogP contribution >= 0.6 is 0 Å². The monoisotopic (exact) mass is 296 g/mol. The molecule has 2 aromatic carbocycles. The van der Waals surface area contributed by atoms with Crippen molar-refractivity contribution in [3.8, 4) is 0 Å². The van der Waals surface area contributed by atoms with Crippen molar-refractivity contribution >= 4 is 17.4 Å². The first-order chi connectivity index (χ1) is 10.5. The molecule has 114 valence electrons. The Labute approximate surface area is 130 Å². The van der Waals surface area contributed by atoms with Gasteiger partial charge < -0.3 is 10.6 Å². The number of carbonyl (C=O) groups excluding carboxylic acids is 2. The van der Waals surface area contributed by atoms with E-state index in [9.17, 15) is 9.59 Å². The summed E-state index contributed by atoms with van der Waals surface area (Å²) in [5.41, 5.74) is 3.55. The Bertz CT molecular complexity index is 681. The number of nitrogens with one attached hydrogen (secondary N) is 2. The normalized spacial score (nSPS) is 11.6. The van der Waals surface area contributed by atoms with Crippen molar-refractivity contribution in [2.24, 2.45) is 0 Å². The smallest absolute Gasteiger partial charge is 0.218 e. The molecule has 22 heavy (non-hydrogen) atoms. The van der Waals surface area contributed by atoms with Crippen LogP contribution < -0.4 is 10.6 Å². The number of ketones is 1. The third-order valence-corrected chi connectivity index (χ3v) is 3.35. The molecule has 0 fully saturated rings. The molecule has 0 heterocycles. The molecule has 1 amide bonds. The lowest BCUT2D eigenvalue weighted by Gasteiger charge is -2.21. The van der Waals surface area contributed by atoms with Crippen LogP contribution in [0.2, 0.25) is 0 Å². The van der Waals surface area contributed by atoms with E-state index in [-0.39, 0.29) is 11.7 Å². The maximum Gasteiger partial charge on any atom is 0.218 e. The van der Waals surface area contributed by atoms with Gasteiger partial charge in [0.25, 0.3) is 0 Å². The van der Waals surface area contributed by atoms with Gasteiger partial charge in [0.2, 0.25) is 11.7 Å².